The summed E-state index contributed by atoms with van der Waals surface area (Å²) in [4.78, 5) is 39.6. The van der Waals surface area contributed by atoms with E-state index < -0.39 is 57.8 Å². The first kappa shape index (κ1) is 29.3. The lowest BCUT2D eigenvalue weighted by molar-refractivity contribution is -0.137. The van der Waals surface area contributed by atoms with Gasteiger partial charge in [-0.3, -0.25) is 23.5 Å². The van der Waals surface area contributed by atoms with Gasteiger partial charge in [-0.05, 0) is 57.0 Å². The average Bonchev–Trinajstić information content (AvgIpc) is 2.85. The first-order valence-electron chi connectivity index (χ1n) is 12.4. The highest BCUT2D eigenvalue weighted by Crippen LogP contribution is 2.32. The molecule has 38 heavy (non-hydrogen) atoms. The van der Waals surface area contributed by atoms with Gasteiger partial charge in [0.2, 0.25) is 17.7 Å². The molecular weight excluding hydrogens is 519 g/mol. The van der Waals surface area contributed by atoms with E-state index in [2.05, 4.69) is 10.6 Å². The summed E-state index contributed by atoms with van der Waals surface area (Å²) in [6.45, 7) is 3.31. The predicted octanol–water partition coefficient (Wildman–Crippen LogP) is 4.57. The number of carbonyl (C=O) groups is 3. The first-order chi connectivity index (χ1) is 17.9. The van der Waals surface area contributed by atoms with Crippen LogP contribution in [0.5, 0.6) is 0 Å². The quantitative estimate of drug-likeness (QED) is 0.477. The van der Waals surface area contributed by atoms with Crippen molar-refractivity contribution in [2.75, 3.05) is 21.7 Å². The number of nitrogens with zero attached hydrogens (tertiary/aromatic N) is 1. The van der Waals surface area contributed by atoms with Gasteiger partial charge >= 0.3 is 6.18 Å². The molecule has 3 amide bonds. The monoisotopic (exact) mass is 551 g/mol. The van der Waals surface area contributed by atoms with Gasteiger partial charge in [-0.1, -0.05) is 43.0 Å². The second-order valence-corrected chi connectivity index (χ2v) is 10.9. The number of nitrogens with one attached hydrogen (secondary N) is 2. The summed E-state index contributed by atoms with van der Waals surface area (Å²) in [5, 5.41) is 5.49. The minimum atomic E-state index is -4.66. The van der Waals surface area contributed by atoms with Gasteiger partial charge < -0.3 is 10.6 Å². The molecule has 11 heteroatoms. The predicted molar refractivity (Wildman–Crippen MR) is 141 cm³/mol. The zero-order valence-corrected chi connectivity index (χ0v) is 22.2. The lowest BCUT2D eigenvalue weighted by Crippen LogP contribution is -2.52. The molecule has 2 atom stereocenters. The Labute approximate surface area is 222 Å². The van der Waals surface area contributed by atoms with Crippen molar-refractivity contribution in [3.8, 4) is 0 Å². The van der Waals surface area contributed by atoms with Gasteiger partial charge in [-0.2, -0.15) is 13.2 Å². The third-order valence-electron chi connectivity index (χ3n) is 6.35. The molecule has 0 radical (unpaired) electrons. The summed E-state index contributed by atoms with van der Waals surface area (Å²) in [5.74, 6) is -3.03. The van der Waals surface area contributed by atoms with E-state index in [4.69, 9.17) is 0 Å². The average molecular weight is 552 g/mol. The van der Waals surface area contributed by atoms with Crippen LogP contribution in [0, 0.1) is 6.92 Å². The number of hydrogen-bond acceptors (Lipinski definition) is 4. The Hall–Kier alpha value is -3.21. The van der Waals surface area contributed by atoms with E-state index in [0.29, 0.717) is 5.69 Å². The summed E-state index contributed by atoms with van der Waals surface area (Å²) in [6, 6.07) is 9.82. The minimum Gasteiger partial charge on any atom is -0.352 e. The molecule has 1 saturated carbocycles. The number of benzene rings is 2. The van der Waals surface area contributed by atoms with E-state index in [0.717, 1.165) is 60.8 Å². The largest absolute Gasteiger partial charge is 0.416 e. The molecule has 1 fully saturated rings. The summed E-state index contributed by atoms with van der Waals surface area (Å²) in [5.41, 5.74) is 0.375. The van der Waals surface area contributed by atoms with Crippen molar-refractivity contribution >= 4 is 39.9 Å². The van der Waals surface area contributed by atoms with Gasteiger partial charge in [-0.15, -0.1) is 0 Å². The van der Waals surface area contributed by atoms with Crippen LogP contribution >= 0.6 is 0 Å². The molecule has 3 rings (SSSR count). The number of halogens is 3. The van der Waals surface area contributed by atoms with Crippen molar-refractivity contribution in [1.82, 2.24) is 5.32 Å². The Balaban J connectivity index is 1.75. The Bertz CT molecular complexity index is 1160. The fourth-order valence-electron chi connectivity index (χ4n) is 4.34. The molecule has 1 aliphatic carbocycles. The number of alkyl halides is 3. The highest BCUT2D eigenvalue weighted by atomic mass is 32.2. The van der Waals surface area contributed by atoms with Crippen molar-refractivity contribution in [2.45, 2.75) is 64.2 Å². The van der Waals surface area contributed by atoms with Crippen LogP contribution in [-0.2, 0) is 31.4 Å². The molecule has 2 aromatic carbocycles. The molecule has 0 aliphatic heterocycles. The molecule has 0 aromatic heterocycles. The summed E-state index contributed by atoms with van der Waals surface area (Å²) >= 11 is 0. The first-order valence-corrected chi connectivity index (χ1v) is 13.9. The molecule has 0 bridgehead atoms. The van der Waals surface area contributed by atoms with Crippen LogP contribution in [0.3, 0.4) is 0 Å². The third kappa shape index (κ3) is 8.41. The topological polar surface area (TPSA) is 95.6 Å². The number of rotatable bonds is 9. The van der Waals surface area contributed by atoms with Crippen LogP contribution in [0.25, 0.3) is 0 Å². The molecule has 2 N–H and O–H groups in total. The number of hydrogen-bond donors (Lipinski definition) is 2. The van der Waals surface area contributed by atoms with Crippen molar-refractivity contribution in [3.63, 3.8) is 0 Å². The van der Waals surface area contributed by atoms with Gasteiger partial charge in [0.15, 0.2) is 0 Å². The fraction of sp³-hybridized carbons (Fsp3) is 0.444. The smallest absolute Gasteiger partial charge is 0.352 e. The van der Waals surface area contributed by atoms with Crippen molar-refractivity contribution in [3.05, 3.63) is 59.7 Å². The van der Waals surface area contributed by atoms with Gasteiger partial charge in [0.1, 0.15) is 17.5 Å². The van der Waals surface area contributed by atoms with Crippen LogP contribution in [0.1, 0.15) is 50.2 Å². The second kappa shape index (κ2) is 13.0. The third-order valence-corrected chi connectivity index (χ3v) is 7.50. The Kier molecular flexibility index (Phi) is 10.1. The molecule has 0 saturated heterocycles. The normalized spacial score (nSPS) is 15.8. The molecule has 206 valence electrons. The summed E-state index contributed by atoms with van der Waals surface area (Å²) in [6.07, 6.45) is -0.0973. The van der Waals surface area contributed by atoms with Gasteiger partial charge in [0.05, 0.1) is 5.56 Å². The number of carbonyl (C=O) groups excluding carboxylic acids is 3. The standard InChI is InChI=1S/C27H32F3N3O4S/c1-18-11-13-22(14-12-18)31-24(34)16-38(37)17-25(35)33(23-10-6-7-20(15-23)27(28,29)30)19(2)26(36)32-21-8-4-3-5-9-21/h6-7,10-15,19,21H,3-5,8-9,16-17H2,1-2H3,(H,31,34)(H,32,36)/t19-,38-/m1/s1. The minimum absolute atomic E-state index is 0.0724. The SMILES string of the molecule is Cc1ccc(NC(=O)C[S@@](=O)CC(=O)N(c2cccc(C(F)(F)F)c2)[C@H](C)C(=O)NC2CCCCC2)cc1. The van der Waals surface area contributed by atoms with Crippen LogP contribution < -0.4 is 15.5 Å². The van der Waals surface area contributed by atoms with E-state index >= 15 is 0 Å². The second-order valence-electron chi connectivity index (χ2n) is 9.47. The van der Waals surface area contributed by atoms with E-state index in [1.165, 1.54) is 13.0 Å². The maximum Gasteiger partial charge on any atom is 0.416 e. The fourth-order valence-corrected chi connectivity index (χ4v) is 5.22. The molecule has 0 unspecified atom stereocenters. The van der Waals surface area contributed by atoms with Crippen molar-refractivity contribution < 1.29 is 31.8 Å². The number of amides is 3. The number of anilines is 2. The Morgan fingerprint density at radius 1 is 1.03 bits per heavy atom. The Morgan fingerprint density at radius 3 is 2.32 bits per heavy atom. The molecule has 1 aliphatic rings. The van der Waals surface area contributed by atoms with Gasteiger partial charge in [0.25, 0.3) is 0 Å². The number of aryl methyl sites for hydroxylation is 1. The Morgan fingerprint density at radius 2 is 1.68 bits per heavy atom. The molecule has 2 aromatic rings. The molecule has 7 nitrogen and oxygen atoms in total. The molecule has 0 heterocycles. The highest BCUT2D eigenvalue weighted by Gasteiger charge is 2.34. The summed E-state index contributed by atoms with van der Waals surface area (Å²) in [7, 11) is -1.97. The maximum atomic E-state index is 13.4. The zero-order chi connectivity index (χ0) is 27.9. The zero-order valence-electron chi connectivity index (χ0n) is 21.3. The van der Waals surface area contributed by atoms with Crippen LogP contribution in [0.2, 0.25) is 0 Å². The van der Waals surface area contributed by atoms with Crippen molar-refractivity contribution in [1.29, 1.82) is 0 Å². The van der Waals surface area contributed by atoms with Crippen LogP contribution in [0.15, 0.2) is 48.5 Å². The van der Waals surface area contributed by atoms with Crippen LogP contribution in [-0.4, -0.2) is 45.5 Å². The maximum absolute atomic E-state index is 13.4. The molecule has 0 spiro atoms. The van der Waals surface area contributed by atoms with Crippen molar-refractivity contribution in [2.24, 2.45) is 0 Å². The lowest BCUT2D eigenvalue weighted by atomic mass is 9.95. The summed E-state index contributed by atoms with van der Waals surface area (Å²) < 4.78 is 52.8. The van der Waals surface area contributed by atoms with E-state index in [1.807, 2.05) is 6.92 Å². The van der Waals surface area contributed by atoms with Crippen LogP contribution in [0.4, 0.5) is 24.5 Å². The van der Waals surface area contributed by atoms with E-state index in [-0.39, 0.29) is 11.7 Å². The molecular formula is C27H32F3N3O4S. The van der Waals surface area contributed by atoms with E-state index in [9.17, 15) is 31.8 Å². The lowest BCUT2D eigenvalue weighted by Gasteiger charge is -2.31. The van der Waals surface area contributed by atoms with Gasteiger partial charge in [-0.25, -0.2) is 0 Å². The van der Waals surface area contributed by atoms with E-state index in [1.54, 1.807) is 24.3 Å². The highest BCUT2D eigenvalue weighted by molar-refractivity contribution is 7.86. The van der Waals surface area contributed by atoms with Gasteiger partial charge in [0, 0.05) is 28.2 Å².